The van der Waals surface area contributed by atoms with Gasteiger partial charge in [-0.05, 0) is 44.2 Å². The van der Waals surface area contributed by atoms with E-state index < -0.39 is 5.54 Å². The van der Waals surface area contributed by atoms with E-state index in [0.717, 1.165) is 10.7 Å². The minimum atomic E-state index is -0.397. The second kappa shape index (κ2) is 3.42. The van der Waals surface area contributed by atoms with E-state index in [-0.39, 0.29) is 5.82 Å². The molecule has 4 heteroatoms. The van der Waals surface area contributed by atoms with E-state index in [1.165, 1.54) is 18.4 Å². The molecule has 1 aliphatic heterocycles. The molecule has 17 heavy (non-hydrogen) atoms. The molecule has 0 bridgehead atoms. The summed E-state index contributed by atoms with van der Waals surface area (Å²) in [5.74, 6) is 0.357. The number of anilines is 2. The van der Waals surface area contributed by atoms with Gasteiger partial charge in [-0.3, -0.25) is 0 Å². The molecule has 1 saturated carbocycles. The lowest BCUT2D eigenvalue weighted by Gasteiger charge is -2.36. The number of thiocarbonyl (C=S) groups is 1. The lowest BCUT2D eigenvalue weighted by molar-refractivity contribution is 0.621. The van der Waals surface area contributed by atoms with Crippen molar-refractivity contribution >= 4 is 28.6 Å². The Kier molecular flexibility index (Phi) is 2.20. The fourth-order valence-corrected chi connectivity index (χ4v) is 2.38. The number of nitrogens with one attached hydrogen (secondary N) is 2. The molecule has 0 atom stereocenters. The summed E-state index contributed by atoms with van der Waals surface area (Å²) in [6, 6.07) is 3.42. The molecule has 0 spiro atoms. The smallest absolute Gasteiger partial charge is 0.148 e. The first-order valence-electron chi connectivity index (χ1n) is 5.91. The van der Waals surface area contributed by atoms with Crippen LogP contribution < -0.4 is 10.6 Å². The summed E-state index contributed by atoms with van der Waals surface area (Å²) in [6.45, 7) is 3.91. The zero-order valence-electron chi connectivity index (χ0n) is 9.93. The first kappa shape index (κ1) is 11.0. The molecule has 2 N–H and O–H groups in total. The molecule has 1 aromatic rings. The Morgan fingerprint density at radius 3 is 2.65 bits per heavy atom. The molecule has 1 aromatic carbocycles. The van der Waals surface area contributed by atoms with Crippen LogP contribution in [-0.4, -0.2) is 10.5 Å². The van der Waals surface area contributed by atoms with Gasteiger partial charge in [0, 0.05) is 0 Å². The van der Waals surface area contributed by atoms with E-state index in [2.05, 4.69) is 10.6 Å². The molecule has 3 rings (SSSR count). The van der Waals surface area contributed by atoms with Crippen LogP contribution in [0.1, 0.15) is 38.2 Å². The van der Waals surface area contributed by atoms with Crippen molar-refractivity contribution in [2.75, 3.05) is 10.6 Å². The van der Waals surface area contributed by atoms with Crippen molar-refractivity contribution in [3.8, 4) is 0 Å². The summed E-state index contributed by atoms with van der Waals surface area (Å²) in [6.07, 6.45) is 2.38. The van der Waals surface area contributed by atoms with Crippen LogP contribution in [0, 0.1) is 5.82 Å². The van der Waals surface area contributed by atoms with E-state index in [9.17, 15) is 4.39 Å². The minimum Gasteiger partial charge on any atom is -0.370 e. The Bertz CT molecular complexity index is 506. The van der Waals surface area contributed by atoms with Gasteiger partial charge in [0.05, 0.1) is 16.9 Å². The van der Waals surface area contributed by atoms with Crippen LogP contribution in [0.2, 0.25) is 0 Å². The van der Waals surface area contributed by atoms with E-state index in [4.69, 9.17) is 12.2 Å². The predicted octanol–water partition coefficient (Wildman–Crippen LogP) is 3.65. The summed E-state index contributed by atoms with van der Waals surface area (Å²) >= 11 is 5.33. The third-order valence-corrected chi connectivity index (χ3v) is 4.06. The highest BCUT2D eigenvalue weighted by atomic mass is 32.1. The highest BCUT2D eigenvalue weighted by Crippen LogP contribution is 2.48. The average Bonchev–Trinajstić information content (AvgIpc) is 3.05. The highest BCUT2D eigenvalue weighted by molar-refractivity contribution is 7.80. The average molecular weight is 250 g/mol. The van der Waals surface area contributed by atoms with Crippen LogP contribution in [0.3, 0.4) is 0 Å². The largest absolute Gasteiger partial charge is 0.370 e. The molecule has 0 aromatic heterocycles. The quantitative estimate of drug-likeness (QED) is 0.744. The van der Waals surface area contributed by atoms with E-state index in [1.807, 2.05) is 19.9 Å². The van der Waals surface area contributed by atoms with Crippen LogP contribution in [0.15, 0.2) is 12.1 Å². The van der Waals surface area contributed by atoms with Crippen LogP contribution >= 0.6 is 12.2 Å². The molecule has 2 aliphatic rings. The zero-order chi connectivity index (χ0) is 12.2. The number of rotatable bonds is 1. The third kappa shape index (κ3) is 1.71. The van der Waals surface area contributed by atoms with Gasteiger partial charge in [-0.2, -0.15) is 0 Å². The molecule has 1 aliphatic carbocycles. The normalized spacial score (nSPS) is 21.5. The van der Waals surface area contributed by atoms with Gasteiger partial charge in [-0.25, -0.2) is 4.39 Å². The van der Waals surface area contributed by atoms with E-state index in [1.54, 1.807) is 6.07 Å². The topological polar surface area (TPSA) is 24.1 Å². The monoisotopic (exact) mass is 250 g/mol. The van der Waals surface area contributed by atoms with Crippen molar-refractivity contribution in [1.82, 2.24) is 0 Å². The third-order valence-electron chi connectivity index (χ3n) is 3.45. The first-order valence-corrected chi connectivity index (χ1v) is 6.32. The summed E-state index contributed by atoms with van der Waals surface area (Å²) in [7, 11) is 0. The van der Waals surface area contributed by atoms with Crippen LogP contribution in [0.5, 0.6) is 0 Å². The van der Waals surface area contributed by atoms with Gasteiger partial charge in [-0.1, -0.05) is 18.3 Å². The molecule has 90 valence electrons. The predicted molar refractivity (Wildman–Crippen MR) is 72.3 cm³/mol. The van der Waals surface area contributed by atoms with Crippen molar-refractivity contribution in [2.24, 2.45) is 0 Å². The molecular weight excluding hydrogens is 235 g/mol. The van der Waals surface area contributed by atoms with E-state index in [0.29, 0.717) is 11.6 Å². The molecule has 0 radical (unpaired) electrons. The summed E-state index contributed by atoms with van der Waals surface area (Å²) < 4.78 is 13.9. The Hall–Kier alpha value is -1.16. The Labute approximate surface area is 106 Å². The summed E-state index contributed by atoms with van der Waals surface area (Å²) in [5, 5.41) is 6.41. The van der Waals surface area contributed by atoms with E-state index >= 15 is 0 Å². The van der Waals surface area contributed by atoms with Gasteiger partial charge < -0.3 is 10.6 Å². The molecule has 2 nitrogen and oxygen atoms in total. The van der Waals surface area contributed by atoms with Crippen LogP contribution in [-0.2, 0) is 0 Å². The van der Waals surface area contributed by atoms with Crippen molar-refractivity contribution < 1.29 is 4.39 Å². The SMILES string of the molecule is CC1(C)Nc2c(F)ccc(C3CC3)c2NC1=S. The molecular formula is C13H15FN2S. The molecule has 0 amide bonds. The van der Waals surface area contributed by atoms with Gasteiger partial charge >= 0.3 is 0 Å². The van der Waals surface area contributed by atoms with Crippen LogP contribution in [0.25, 0.3) is 0 Å². The zero-order valence-corrected chi connectivity index (χ0v) is 10.7. The lowest BCUT2D eigenvalue weighted by Crippen LogP contribution is -2.47. The fourth-order valence-electron chi connectivity index (χ4n) is 2.22. The number of fused-ring (bicyclic) bond motifs is 1. The first-order chi connectivity index (χ1) is 7.99. The fraction of sp³-hybridized carbons (Fsp3) is 0.462. The number of hydrogen-bond acceptors (Lipinski definition) is 2. The Morgan fingerprint density at radius 1 is 1.29 bits per heavy atom. The molecule has 0 saturated heterocycles. The second-order valence-electron chi connectivity index (χ2n) is 5.37. The number of benzene rings is 1. The minimum absolute atomic E-state index is 0.215. The van der Waals surface area contributed by atoms with Gasteiger partial charge in [0.2, 0.25) is 0 Å². The molecule has 0 unspecified atom stereocenters. The van der Waals surface area contributed by atoms with Gasteiger partial charge in [0.15, 0.2) is 0 Å². The van der Waals surface area contributed by atoms with Gasteiger partial charge in [0.1, 0.15) is 10.8 Å². The lowest BCUT2D eigenvalue weighted by atomic mass is 9.97. The standard InChI is InChI=1S/C13H15FN2S/c1-13(2)12(17)15-10-8(7-3-4-7)5-6-9(14)11(10)16-13/h5-7,16H,3-4H2,1-2H3,(H,15,17). The Balaban J connectivity index is 2.13. The van der Waals surface area contributed by atoms with Gasteiger partial charge in [-0.15, -0.1) is 0 Å². The van der Waals surface area contributed by atoms with Crippen molar-refractivity contribution in [3.63, 3.8) is 0 Å². The number of hydrogen-bond donors (Lipinski definition) is 2. The van der Waals surface area contributed by atoms with Crippen LogP contribution in [0.4, 0.5) is 15.8 Å². The maximum Gasteiger partial charge on any atom is 0.148 e. The van der Waals surface area contributed by atoms with Gasteiger partial charge in [0.25, 0.3) is 0 Å². The maximum atomic E-state index is 13.9. The number of halogens is 1. The second-order valence-corrected chi connectivity index (χ2v) is 5.77. The van der Waals surface area contributed by atoms with Crippen molar-refractivity contribution in [3.05, 3.63) is 23.5 Å². The highest BCUT2D eigenvalue weighted by Gasteiger charge is 2.35. The summed E-state index contributed by atoms with van der Waals surface area (Å²) in [4.78, 5) is 0.720. The summed E-state index contributed by atoms with van der Waals surface area (Å²) in [5.41, 5.74) is 2.20. The Morgan fingerprint density at radius 2 is 2.00 bits per heavy atom. The maximum absolute atomic E-state index is 13.9. The van der Waals surface area contributed by atoms with Crippen molar-refractivity contribution in [2.45, 2.75) is 38.1 Å². The van der Waals surface area contributed by atoms with Crippen molar-refractivity contribution in [1.29, 1.82) is 0 Å². The molecule has 1 fully saturated rings. The molecule has 1 heterocycles.